The number of carbonyl (C=O) groups is 1. The summed E-state index contributed by atoms with van der Waals surface area (Å²) in [6.45, 7) is 2.71. The average molecular weight is 279 g/mol. The zero-order valence-corrected chi connectivity index (χ0v) is 11.4. The highest BCUT2D eigenvalue weighted by Gasteiger charge is 2.05. The smallest absolute Gasteiger partial charge is 0.226 e. The van der Waals surface area contributed by atoms with Gasteiger partial charge >= 0.3 is 0 Å². The van der Waals surface area contributed by atoms with Gasteiger partial charge in [0, 0.05) is 18.7 Å². The highest BCUT2D eigenvalue weighted by molar-refractivity contribution is 5.90. The molecular weight excluding hydrogens is 261 g/mol. The van der Waals surface area contributed by atoms with Crippen LogP contribution in [-0.2, 0) is 9.53 Å². The van der Waals surface area contributed by atoms with E-state index < -0.39 is 5.82 Å². The lowest BCUT2D eigenvalue weighted by molar-refractivity contribution is -0.117. The summed E-state index contributed by atoms with van der Waals surface area (Å²) in [5.74, 6) is 4.61. The molecule has 0 aliphatic heterocycles. The molecular formula is C15H18FNO3. The molecule has 0 aromatic heterocycles. The lowest BCUT2D eigenvalue weighted by Crippen LogP contribution is -2.14. The fourth-order valence-corrected chi connectivity index (χ4v) is 1.45. The fourth-order valence-electron chi connectivity index (χ4n) is 1.45. The molecule has 0 radical (unpaired) electrons. The number of rotatable bonds is 6. The van der Waals surface area contributed by atoms with Crippen molar-refractivity contribution in [3.63, 3.8) is 0 Å². The SMILES string of the molecule is CCOCCC(=O)Nc1ccc(F)c(C#CCCO)c1. The Morgan fingerprint density at radius 1 is 1.50 bits per heavy atom. The quantitative estimate of drug-likeness (QED) is 0.618. The Morgan fingerprint density at radius 3 is 3.00 bits per heavy atom. The molecule has 108 valence electrons. The molecule has 0 aliphatic rings. The van der Waals surface area contributed by atoms with Gasteiger partial charge < -0.3 is 15.2 Å². The summed E-state index contributed by atoms with van der Waals surface area (Å²) in [6, 6.07) is 4.20. The third kappa shape index (κ3) is 5.83. The molecule has 0 saturated heterocycles. The number of aliphatic hydroxyl groups is 1. The fraction of sp³-hybridized carbons (Fsp3) is 0.400. The minimum Gasteiger partial charge on any atom is -0.395 e. The molecule has 0 heterocycles. The number of amides is 1. The minimum absolute atomic E-state index is 0.0670. The highest BCUT2D eigenvalue weighted by Crippen LogP contribution is 2.14. The molecule has 0 atom stereocenters. The molecule has 1 aromatic carbocycles. The van der Waals surface area contributed by atoms with Crippen LogP contribution in [0.1, 0.15) is 25.3 Å². The van der Waals surface area contributed by atoms with Crippen molar-refractivity contribution in [1.29, 1.82) is 0 Å². The third-order valence-electron chi connectivity index (χ3n) is 2.39. The standard InChI is InChI=1S/C15H18FNO3/c1-2-20-10-8-15(19)17-13-6-7-14(16)12(11-13)5-3-4-9-18/h6-7,11,18H,2,4,8-10H2,1H3,(H,17,19). The van der Waals surface area contributed by atoms with Crippen LogP contribution in [0.15, 0.2) is 18.2 Å². The van der Waals surface area contributed by atoms with E-state index in [9.17, 15) is 9.18 Å². The van der Waals surface area contributed by atoms with Crippen LogP contribution in [0.25, 0.3) is 0 Å². The molecule has 1 aromatic rings. The summed E-state index contributed by atoms with van der Waals surface area (Å²) in [4.78, 5) is 11.6. The summed E-state index contributed by atoms with van der Waals surface area (Å²) in [5, 5.41) is 11.3. The molecule has 0 spiro atoms. The maximum absolute atomic E-state index is 13.5. The van der Waals surface area contributed by atoms with Gasteiger partial charge in [0.2, 0.25) is 5.91 Å². The topological polar surface area (TPSA) is 58.6 Å². The van der Waals surface area contributed by atoms with Crippen molar-refractivity contribution in [2.45, 2.75) is 19.8 Å². The third-order valence-corrected chi connectivity index (χ3v) is 2.39. The van der Waals surface area contributed by atoms with Gasteiger partial charge in [0.15, 0.2) is 0 Å². The van der Waals surface area contributed by atoms with Gasteiger partial charge in [0.1, 0.15) is 5.82 Å². The summed E-state index contributed by atoms with van der Waals surface area (Å²) in [7, 11) is 0. The van der Waals surface area contributed by atoms with E-state index in [2.05, 4.69) is 17.2 Å². The summed E-state index contributed by atoms with van der Waals surface area (Å²) >= 11 is 0. The lowest BCUT2D eigenvalue weighted by Gasteiger charge is -2.06. The Labute approximate surface area is 117 Å². The molecule has 0 aliphatic carbocycles. The van der Waals surface area contributed by atoms with Crippen molar-refractivity contribution < 1.29 is 19.0 Å². The minimum atomic E-state index is -0.456. The molecule has 2 N–H and O–H groups in total. The van der Waals surface area contributed by atoms with Gasteiger partial charge in [0.05, 0.1) is 25.2 Å². The highest BCUT2D eigenvalue weighted by atomic mass is 19.1. The Hall–Kier alpha value is -1.90. The Bertz CT molecular complexity index is 506. The average Bonchev–Trinajstić information content (AvgIpc) is 2.43. The first-order chi connectivity index (χ1) is 9.67. The normalized spacial score (nSPS) is 9.75. The molecule has 0 unspecified atom stereocenters. The van der Waals surface area contributed by atoms with E-state index in [1.807, 2.05) is 6.92 Å². The molecule has 4 nitrogen and oxygen atoms in total. The molecule has 1 rings (SSSR count). The molecule has 20 heavy (non-hydrogen) atoms. The van der Waals surface area contributed by atoms with Gasteiger partial charge in [-0.1, -0.05) is 11.8 Å². The Morgan fingerprint density at radius 2 is 2.30 bits per heavy atom. The van der Waals surface area contributed by atoms with Crippen molar-refractivity contribution in [3.05, 3.63) is 29.6 Å². The number of halogens is 1. The number of carbonyl (C=O) groups excluding carboxylic acids is 1. The number of hydrogen-bond acceptors (Lipinski definition) is 3. The van der Waals surface area contributed by atoms with E-state index in [-0.39, 0.29) is 30.9 Å². The molecule has 0 saturated carbocycles. The van der Waals surface area contributed by atoms with E-state index in [0.29, 0.717) is 18.9 Å². The van der Waals surface area contributed by atoms with Gasteiger partial charge in [-0.3, -0.25) is 4.79 Å². The van der Waals surface area contributed by atoms with Crippen LogP contribution in [0, 0.1) is 17.7 Å². The maximum Gasteiger partial charge on any atom is 0.226 e. The summed E-state index contributed by atoms with van der Waals surface area (Å²) < 4.78 is 18.6. The van der Waals surface area contributed by atoms with Gasteiger partial charge in [-0.25, -0.2) is 4.39 Å². The molecule has 0 bridgehead atoms. The predicted molar refractivity (Wildman–Crippen MR) is 74.7 cm³/mol. The lowest BCUT2D eigenvalue weighted by atomic mass is 10.2. The second kappa shape index (κ2) is 9.08. The molecule has 5 heteroatoms. The zero-order valence-electron chi connectivity index (χ0n) is 11.4. The van der Waals surface area contributed by atoms with Crippen LogP contribution < -0.4 is 5.32 Å². The Balaban J connectivity index is 2.65. The van der Waals surface area contributed by atoms with Gasteiger partial charge in [-0.2, -0.15) is 0 Å². The first kappa shape index (κ1) is 16.2. The van der Waals surface area contributed by atoms with Crippen molar-refractivity contribution in [2.75, 3.05) is 25.1 Å². The summed E-state index contributed by atoms with van der Waals surface area (Å²) in [6.07, 6.45) is 0.529. The zero-order chi connectivity index (χ0) is 14.8. The van der Waals surface area contributed by atoms with Crippen molar-refractivity contribution in [3.8, 4) is 11.8 Å². The van der Waals surface area contributed by atoms with Crippen LogP contribution in [-0.4, -0.2) is 30.8 Å². The van der Waals surface area contributed by atoms with Crippen LogP contribution >= 0.6 is 0 Å². The second-order valence-electron chi connectivity index (χ2n) is 3.97. The monoisotopic (exact) mass is 279 g/mol. The number of anilines is 1. The van der Waals surface area contributed by atoms with E-state index in [1.54, 1.807) is 0 Å². The van der Waals surface area contributed by atoms with E-state index >= 15 is 0 Å². The van der Waals surface area contributed by atoms with Crippen molar-refractivity contribution in [1.82, 2.24) is 0 Å². The first-order valence-corrected chi connectivity index (χ1v) is 6.44. The van der Waals surface area contributed by atoms with Crippen LogP contribution in [0.5, 0.6) is 0 Å². The second-order valence-corrected chi connectivity index (χ2v) is 3.97. The number of hydrogen-bond donors (Lipinski definition) is 2. The van der Waals surface area contributed by atoms with E-state index in [1.165, 1.54) is 18.2 Å². The van der Waals surface area contributed by atoms with Crippen LogP contribution in [0.4, 0.5) is 10.1 Å². The Kier molecular flexibility index (Phi) is 7.33. The van der Waals surface area contributed by atoms with Gasteiger partial charge in [-0.15, -0.1) is 0 Å². The number of benzene rings is 1. The van der Waals surface area contributed by atoms with Crippen LogP contribution in [0.2, 0.25) is 0 Å². The van der Waals surface area contributed by atoms with E-state index in [4.69, 9.17) is 9.84 Å². The number of nitrogens with one attached hydrogen (secondary N) is 1. The number of aliphatic hydroxyl groups excluding tert-OH is 1. The number of ether oxygens (including phenoxy) is 1. The van der Waals surface area contributed by atoms with Crippen molar-refractivity contribution in [2.24, 2.45) is 0 Å². The first-order valence-electron chi connectivity index (χ1n) is 6.44. The molecule has 0 fully saturated rings. The summed E-state index contributed by atoms with van der Waals surface area (Å²) in [5.41, 5.74) is 0.683. The van der Waals surface area contributed by atoms with Crippen LogP contribution in [0.3, 0.4) is 0 Å². The van der Waals surface area contributed by atoms with Gasteiger partial charge in [-0.05, 0) is 25.1 Å². The molecule has 1 amide bonds. The maximum atomic E-state index is 13.5. The largest absolute Gasteiger partial charge is 0.395 e. The van der Waals surface area contributed by atoms with Gasteiger partial charge in [0.25, 0.3) is 0 Å². The van der Waals surface area contributed by atoms with E-state index in [0.717, 1.165) is 0 Å². The predicted octanol–water partition coefficient (Wildman–Crippen LogP) is 1.92. The van der Waals surface area contributed by atoms with Crippen molar-refractivity contribution >= 4 is 11.6 Å².